The van der Waals surface area contributed by atoms with Gasteiger partial charge in [0, 0.05) is 50.1 Å². The van der Waals surface area contributed by atoms with Crippen molar-refractivity contribution in [2.45, 2.75) is 36.0 Å². The van der Waals surface area contributed by atoms with Crippen molar-refractivity contribution in [2.75, 3.05) is 21.4 Å². The van der Waals surface area contributed by atoms with Gasteiger partial charge in [0.15, 0.2) is 0 Å². The molecular formula is C57H45N5S. The van der Waals surface area contributed by atoms with Crippen LogP contribution in [0.4, 0.5) is 39.9 Å². The van der Waals surface area contributed by atoms with Crippen LogP contribution in [0.5, 0.6) is 0 Å². The van der Waals surface area contributed by atoms with Crippen molar-refractivity contribution in [3.63, 3.8) is 0 Å². The summed E-state index contributed by atoms with van der Waals surface area (Å²) in [6.45, 7) is 6.73. The molecule has 0 spiro atoms. The third kappa shape index (κ3) is 7.03. The van der Waals surface area contributed by atoms with Crippen LogP contribution in [0.25, 0.3) is 44.5 Å². The van der Waals surface area contributed by atoms with Gasteiger partial charge in [-0.05, 0) is 93.9 Å². The molecule has 2 aliphatic heterocycles. The van der Waals surface area contributed by atoms with Crippen molar-refractivity contribution >= 4 is 51.7 Å². The van der Waals surface area contributed by atoms with Gasteiger partial charge >= 0.3 is 0 Å². The first-order valence-electron chi connectivity index (χ1n) is 25.7. The molecule has 5 nitrogen and oxygen atoms in total. The molecule has 0 N–H and O–H groups in total. The molecule has 0 bridgehead atoms. The number of aromatic nitrogens is 2. The number of fused-ring (bicyclic) bond motifs is 6. The molecule has 0 saturated carbocycles. The summed E-state index contributed by atoms with van der Waals surface area (Å²) in [6.07, 6.45) is 5.60. The van der Waals surface area contributed by atoms with Crippen LogP contribution in [0.15, 0.2) is 216 Å². The molecule has 0 aliphatic carbocycles. The zero-order chi connectivity index (χ0) is 51.2. The van der Waals surface area contributed by atoms with Crippen LogP contribution in [0.3, 0.4) is 0 Å². The maximum atomic E-state index is 9.07. The molecule has 11 rings (SSSR count). The lowest BCUT2D eigenvalue weighted by Crippen LogP contribution is -2.25. The fraction of sp³-hybridized carbons (Fsp3) is 0.0877. The average Bonchev–Trinajstić information content (AvgIpc) is 3.73. The number of hydrogen-bond donors (Lipinski definition) is 0. The second-order valence-electron chi connectivity index (χ2n) is 16.4. The molecule has 6 heteroatoms. The highest BCUT2D eigenvalue weighted by molar-refractivity contribution is 7.99. The van der Waals surface area contributed by atoms with Crippen molar-refractivity contribution in [1.82, 2.24) is 9.97 Å². The summed E-state index contributed by atoms with van der Waals surface area (Å²) in [7, 11) is 0. The van der Waals surface area contributed by atoms with E-state index >= 15 is 0 Å². The Kier molecular flexibility index (Phi) is 7.27. The maximum Gasteiger partial charge on any atom is 0.137 e. The Morgan fingerprint density at radius 3 is 1.84 bits per heavy atom. The Balaban J connectivity index is 1.03. The van der Waals surface area contributed by atoms with Gasteiger partial charge in [0.2, 0.25) is 0 Å². The number of nitrogens with zero attached hydrogens (tertiary/aromatic N) is 5. The quantitative estimate of drug-likeness (QED) is 0.159. The number of hydrogen-bond acceptors (Lipinski definition) is 6. The minimum absolute atomic E-state index is 0.0789. The molecule has 2 aromatic heterocycles. The molecule has 0 amide bonds. The van der Waals surface area contributed by atoms with Crippen LogP contribution in [0, 0.1) is 0 Å². The molecule has 0 saturated heterocycles. The molecule has 9 aromatic rings. The largest absolute Gasteiger partial charge is 0.321 e. The molecule has 0 unspecified atom stereocenters. The maximum absolute atomic E-state index is 9.07. The average molecular weight is 842 g/mol. The Bertz CT molecular complexity index is 3600. The van der Waals surface area contributed by atoms with Crippen molar-refractivity contribution < 1.29 is 13.7 Å². The molecule has 0 fully saturated rings. The van der Waals surface area contributed by atoms with Gasteiger partial charge in [0.1, 0.15) is 12.5 Å². The summed E-state index contributed by atoms with van der Waals surface area (Å²) in [6, 6.07) is 37.1. The van der Waals surface area contributed by atoms with E-state index in [2.05, 4.69) is 108 Å². The lowest BCUT2D eigenvalue weighted by Gasteiger charge is -2.28. The van der Waals surface area contributed by atoms with Crippen LogP contribution in [0.1, 0.15) is 40.0 Å². The molecule has 0 atom stereocenters. The van der Waals surface area contributed by atoms with Gasteiger partial charge in [-0.2, -0.15) is 0 Å². The van der Waals surface area contributed by atoms with Crippen molar-refractivity contribution in [3.05, 3.63) is 212 Å². The molecule has 0 radical (unpaired) electrons. The molecule has 4 heterocycles. The fourth-order valence-corrected chi connectivity index (χ4v) is 9.51. The molecule has 2 aliphatic rings. The number of benzene rings is 7. The normalized spacial score (nSPS) is 15.1. The highest BCUT2D eigenvalue weighted by atomic mass is 32.2. The number of para-hydroxylation sites is 3. The Morgan fingerprint density at radius 2 is 1.14 bits per heavy atom. The van der Waals surface area contributed by atoms with E-state index < -0.39 is 60.4 Å². The first kappa shape index (κ1) is 29.0. The number of rotatable bonds is 7. The van der Waals surface area contributed by atoms with Crippen molar-refractivity contribution in [1.29, 1.82) is 0 Å². The molecular weight excluding hydrogens is 787 g/mol. The number of pyridine rings is 2. The predicted octanol–water partition coefficient (Wildman–Crippen LogP) is 15.6. The van der Waals surface area contributed by atoms with Gasteiger partial charge in [-0.25, -0.2) is 4.98 Å². The lowest BCUT2D eigenvalue weighted by atomic mass is 9.87. The Labute approximate surface area is 388 Å². The topological polar surface area (TPSA) is 35.5 Å². The van der Waals surface area contributed by atoms with E-state index in [1.54, 1.807) is 30.0 Å². The second-order valence-corrected chi connectivity index (χ2v) is 17.5. The lowest BCUT2D eigenvalue weighted by molar-refractivity contribution is 0.589. The van der Waals surface area contributed by atoms with Gasteiger partial charge < -0.3 is 9.80 Å². The predicted molar refractivity (Wildman–Crippen MR) is 263 cm³/mol. The van der Waals surface area contributed by atoms with Crippen LogP contribution in [-0.2, 0) is 5.41 Å². The van der Waals surface area contributed by atoms with Crippen molar-refractivity contribution in [3.8, 4) is 44.5 Å². The van der Waals surface area contributed by atoms with E-state index in [0.29, 0.717) is 11.4 Å². The summed E-state index contributed by atoms with van der Waals surface area (Å²) in [5.74, 6) is 0.778. The highest BCUT2D eigenvalue weighted by Crippen LogP contribution is 2.53. The molecule has 304 valence electrons. The smallest absolute Gasteiger partial charge is 0.137 e. The zero-order valence-corrected chi connectivity index (χ0v) is 35.5. The number of anilines is 7. The fourth-order valence-electron chi connectivity index (χ4n) is 8.60. The zero-order valence-electron chi connectivity index (χ0n) is 44.7. The van der Waals surface area contributed by atoms with Gasteiger partial charge in [-0.3, -0.25) is 9.88 Å². The summed E-state index contributed by atoms with van der Waals surface area (Å²) < 4.78 is 87.5. The van der Waals surface area contributed by atoms with Crippen LogP contribution in [0.2, 0.25) is 0 Å². The SMILES string of the molecule is [2H]c1c([2H])c([2H])c(-c2cccc(-c3c([2H])c([2H])c([2H])c([2H])c3[2H])c2N2CN(c3cccc(Sc4ccc5c(c4)N(c4cc(C(C)(C)C)ccn4)c4cnccc4-c4ccccc4-5)c3)c3ccccc32)c([2H])c1[2H]. The van der Waals surface area contributed by atoms with E-state index in [9.17, 15) is 0 Å². The van der Waals surface area contributed by atoms with Crippen LogP contribution in [-0.4, -0.2) is 16.6 Å². The third-order valence-corrected chi connectivity index (χ3v) is 12.5. The molecule has 63 heavy (non-hydrogen) atoms. The van der Waals surface area contributed by atoms with E-state index in [1.165, 1.54) is 0 Å². The summed E-state index contributed by atoms with van der Waals surface area (Å²) >= 11 is 1.61. The molecule has 7 aromatic carbocycles. The minimum atomic E-state index is -0.545. The van der Waals surface area contributed by atoms with Gasteiger partial charge in [0.05, 0.1) is 48.3 Å². The van der Waals surface area contributed by atoms with E-state index in [0.717, 1.165) is 66.2 Å². The van der Waals surface area contributed by atoms with Gasteiger partial charge in [0.25, 0.3) is 0 Å². The van der Waals surface area contributed by atoms with E-state index in [1.807, 2.05) is 59.9 Å². The van der Waals surface area contributed by atoms with Gasteiger partial charge in [-0.1, -0.05) is 160 Å². The summed E-state index contributed by atoms with van der Waals surface area (Å²) in [5.41, 5.74) is 10.1. The standard InChI is InChI=1S/C57H45N5S/c1-57(2,3)41-30-33-59-55(34-41)62-53-36-44(28-29-49(53)47-22-10-11-23-48(47)50-31-32-58-37-54(50)62)63-43-21-14-20-42(35-43)60-38-61(52-27-13-12-26-51(52)60)56-45(39-16-6-4-7-17-39)24-15-25-46(56)40-18-8-5-9-19-40/h4-37H,38H2,1-3H3/i4D,5D,6D,7D,8D,9D,16D,17D,18D,19D. The first-order valence-corrected chi connectivity index (χ1v) is 21.5. The monoisotopic (exact) mass is 841 g/mol. The Morgan fingerprint density at radius 1 is 0.524 bits per heavy atom. The second kappa shape index (κ2) is 15.8. The summed E-state index contributed by atoms with van der Waals surface area (Å²) in [5, 5.41) is 0. The summed E-state index contributed by atoms with van der Waals surface area (Å²) in [4.78, 5) is 17.8. The van der Waals surface area contributed by atoms with Gasteiger partial charge in [-0.15, -0.1) is 0 Å². The van der Waals surface area contributed by atoms with Crippen LogP contribution >= 0.6 is 11.8 Å². The Hall–Kier alpha value is -7.41. The van der Waals surface area contributed by atoms with E-state index in [4.69, 9.17) is 18.7 Å². The van der Waals surface area contributed by atoms with Crippen molar-refractivity contribution in [2.24, 2.45) is 0 Å². The minimum Gasteiger partial charge on any atom is -0.321 e. The first-order chi connectivity index (χ1) is 35.0. The van der Waals surface area contributed by atoms with Crippen LogP contribution < -0.4 is 14.7 Å². The third-order valence-electron chi connectivity index (χ3n) is 11.6. The van der Waals surface area contributed by atoms with E-state index in [-0.39, 0.29) is 34.3 Å². The highest BCUT2D eigenvalue weighted by Gasteiger charge is 2.32.